The normalized spacial score (nSPS) is 14.4. The van der Waals surface area contributed by atoms with Crippen LogP contribution < -0.4 is 5.32 Å². The van der Waals surface area contributed by atoms with Gasteiger partial charge in [-0.3, -0.25) is 0 Å². The lowest BCUT2D eigenvalue weighted by Gasteiger charge is -2.07. The second kappa shape index (κ2) is 6.77. The third-order valence-corrected chi connectivity index (χ3v) is 4.54. The average molecular weight is 320 g/mol. The van der Waals surface area contributed by atoms with Gasteiger partial charge in [-0.25, -0.2) is 9.97 Å². The molecule has 1 N–H and O–H groups in total. The first-order valence-electron chi connectivity index (χ1n) is 7.14. The van der Waals surface area contributed by atoms with Crippen LogP contribution in [-0.2, 0) is 12.3 Å². The Morgan fingerprint density at radius 1 is 1.24 bits per heavy atom. The molecule has 1 fully saturated rings. The van der Waals surface area contributed by atoms with Crippen molar-refractivity contribution < 1.29 is 0 Å². The van der Waals surface area contributed by atoms with Crippen LogP contribution in [0.3, 0.4) is 0 Å². The van der Waals surface area contributed by atoms with Gasteiger partial charge in [-0.1, -0.05) is 11.6 Å². The predicted octanol–water partition coefficient (Wildman–Crippen LogP) is 3.98. The molecule has 3 rings (SSSR count). The van der Waals surface area contributed by atoms with E-state index in [1.807, 2.05) is 31.2 Å². The van der Waals surface area contributed by atoms with Crippen LogP contribution in [0.25, 0.3) is 0 Å². The Hall–Kier alpha value is -1.10. The Morgan fingerprint density at radius 3 is 2.71 bits per heavy atom. The maximum atomic E-state index is 5.89. The molecular weight excluding hydrogens is 302 g/mol. The molecule has 0 aliphatic heterocycles. The molecule has 21 heavy (non-hydrogen) atoms. The molecule has 1 aromatic heterocycles. The number of benzene rings is 1. The summed E-state index contributed by atoms with van der Waals surface area (Å²) < 4.78 is 0. The molecule has 0 spiro atoms. The lowest BCUT2D eigenvalue weighted by molar-refractivity contribution is 0.668. The zero-order chi connectivity index (χ0) is 14.7. The summed E-state index contributed by atoms with van der Waals surface area (Å²) in [5.74, 6) is 1.67. The van der Waals surface area contributed by atoms with Gasteiger partial charge in [0.25, 0.3) is 0 Å². The Morgan fingerprint density at radius 2 is 2.00 bits per heavy atom. The van der Waals surface area contributed by atoms with Crippen molar-refractivity contribution in [1.82, 2.24) is 15.3 Å². The second-order valence-electron chi connectivity index (χ2n) is 5.31. The fourth-order valence-electron chi connectivity index (χ4n) is 2.07. The minimum Gasteiger partial charge on any atom is -0.308 e. The van der Waals surface area contributed by atoms with Crippen LogP contribution in [0.5, 0.6) is 0 Å². The monoisotopic (exact) mass is 319 g/mol. The molecule has 1 heterocycles. The SMILES string of the molecule is Cc1cc(CNC2CC2)nc(CSc2ccc(Cl)cc2)n1. The van der Waals surface area contributed by atoms with Crippen molar-refractivity contribution in [3.63, 3.8) is 0 Å². The van der Waals surface area contributed by atoms with Gasteiger partial charge < -0.3 is 5.32 Å². The van der Waals surface area contributed by atoms with Crippen molar-refractivity contribution in [1.29, 1.82) is 0 Å². The number of halogens is 1. The highest BCUT2D eigenvalue weighted by atomic mass is 35.5. The molecule has 1 aromatic carbocycles. The first-order valence-corrected chi connectivity index (χ1v) is 8.50. The number of aromatic nitrogens is 2. The van der Waals surface area contributed by atoms with Crippen molar-refractivity contribution in [2.24, 2.45) is 0 Å². The quantitative estimate of drug-likeness (QED) is 0.817. The van der Waals surface area contributed by atoms with Crippen molar-refractivity contribution in [3.8, 4) is 0 Å². The van der Waals surface area contributed by atoms with Gasteiger partial charge in [-0.2, -0.15) is 0 Å². The molecule has 3 nitrogen and oxygen atoms in total. The van der Waals surface area contributed by atoms with Crippen LogP contribution in [0.1, 0.15) is 30.1 Å². The summed E-state index contributed by atoms with van der Waals surface area (Å²) in [7, 11) is 0. The predicted molar refractivity (Wildman–Crippen MR) is 87.6 cm³/mol. The number of hydrogen-bond donors (Lipinski definition) is 1. The van der Waals surface area contributed by atoms with Crippen molar-refractivity contribution >= 4 is 23.4 Å². The van der Waals surface area contributed by atoms with E-state index in [4.69, 9.17) is 11.6 Å². The zero-order valence-corrected chi connectivity index (χ0v) is 13.5. The van der Waals surface area contributed by atoms with E-state index in [1.54, 1.807) is 11.8 Å². The molecule has 0 amide bonds. The fraction of sp³-hybridized carbons (Fsp3) is 0.375. The molecule has 0 bridgehead atoms. The first kappa shape index (κ1) is 14.8. The molecule has 0 atom stereocenters. The number of thioether (sulfide) groups is 1. The van der Waals surface area contributed by atoms with E-state index in [0.29, 0.717) is 6.04 Å². The standard InChI is InChI=1S/C16H18ClN3S/c1-11-8-14(9-18-13-4-5-13)20-16(19-11)10-21-15-6-2-12(17)3-7-15/h2-3,6-8,13,18H,4-5,9-10H2,1H3. The van der Waals surface area contributed by atoms with E-state index in [-0.39, 0.29) is 0 Å². The highest BCUT2D eigenvalue weighted by molar-refractivity contribution is 7.98. The van der Waals surface area contributed by atoms with E-state index in [9.17, 15) is 0 Å². The van der Waals surface area contributed by atoms with Crippen LogP contribution in [0, 0.1) is 6.92 Å². The largest absolute Gasteiger partial charge is 0.308 e. The molecule has 1 saturated carbocycles. The average Bonchev–Trinajstić information content (AvgIpc) is 3.28. The number of aryl methyl sites for hydroxylation is 1. The van der Waals surface area contributed by atoms with Crippen molar-refractivity contribution in [2.45, 2.75) is 43.0 Å². The minimum absolute atomic E-state index is 0.701. The maximum absolute atomic E-state index is 5.89. The molecule has 1 aliphatic rings. The Bertz CT molecular complexity index is 611. The summed E-state index contributed by atoms with van der Waals surface area (Å²) in [5, 5.41) is 4.26. The lowest BCUT2D eigenvalue weighted by atomic mass is 10.3. The topological polar surface area (TPSA) is 37.8 Å². The molecular formula is C16H18ClN3S. The molecule has 0 saturated heterocycles. The smallest absolute Gasteiger partial charge is 0.139 e. The van der Waals surface area contributed by atoms with E-state index < -0.39 is 0 Å². The molecule has 110 valence electrons. The number of nitrogens with zero attached hydrogens (tertiary/aromatic N) is 2. The van der Waals surface area contributed by atoms with Crippen LogP contribution in [0.15, 0.2) is 35.2 Å². The fourth-order valence-corrected chi connectivity index (χ4v) is 2.95. The molecule has 0 unspecified atom stereocenters. The van der Waals surface area contributed by atoms with Gasteiger partial charge in [0, 0.05) is 28.2 Å². The minimum atomic E-state index is 0.701. The number of rotatable bonds is 6. The van der Waals surface area contributed by atoms with Crippen LogP contribution in [-0.4, -0.2) is 16.0 Å². The van der Waals surface area contributed by atoms with Gasteiger partial charge in [-0.15, -0.1) is 11.8 Å². The van der Waals surface area contributed by atoms with Gasteiger partial charge in [0.15, 0.2) is 0 Å². The summed E-state index contributed by atoms with van der Waals surface area (Å²) in [4.78, 5) is 10.4. The van der Waals surface area contributed by atoms with Crippen molar-refractivity contribution in [3.05, 3.63) is 52.6 Å². The van der Waals surface area contributed by atoms with E-state index in [2.05, 4.69) is 21.4 Å². The summed E-state index contributed by atoms with van der Waals surface area (Å²) in [6.45, 7) is 2.87. The van der Waals surface area contributed by atoms with Gasteiger partial charge in [0.2, 0.25) is 0 Å². The van der Waals surface area contributed by atoms with Crippen molar-refractivity contribution in [2.75, 3.05) is 0 Å². The number of nitrogens with one attached hydrogen (secondary N) is 1. The van der Waals surface area contributed by atoms with Gasteiger partial charge >= 0.3 is 0 Å². The lowest BCUT2D eigenvalue weighted by Crippen LogP contribution is -2.17. The van der Waals surface area contributed by atoms with Crippen LogP contribution in [0.4, 0.5) is 0 Å². The molecule has 2 aromatic rings. The van der Waals surface area contributed by atoms with Crippen LogP contribution in [0.2, 0.25) is 5.02 Å². The Labute approximate surface area is 134 Å². The summed E-state index contributed by atoms with van der Waals surface area (Å²) in [6.07, 6.45) is 2.59. The van der Waals surface area contributed by atoms with Gasteiger partial charge in [0.1, 0.15) is 5.82 Å². The van der Waals surface area contributed by atoms with Gasteiger partial charge in [0.05, 0.1) is 11.4 Å². The summed E-state index contributed by atoms with van der Waals surface area (Å²) in [5.41, 5.74) is 2.12. The van der Waals surface area contributed by atoms with E-state index in [1.165, 1.54) is 17.7 Å². The first-order chi connectivity index (χ1) is 10.2. The Kier molecular flexibility index (Phi) is 4.78. The second-order valence-corrected chi connectivity index (χ2v) is 6.80. The molecule has 1 aliphatic carbocycles. The maximum Gasteiger partial charge on any atom is 0.139 e. The third kappa shape index (κ3) is 4.70. The summed E-state index contributed by atoms with van der Waals surface area (Å²) >= 11 is 7.63. The highest BCUT2D eigenvalue weighted by Gasteiger charge is 2.20. The van der Waals surface area contributed by atoms with E-state index in [0.717, 1.165) is 34.5 Å². The van der Waals surface area contributed by atoms with Crippen LogP contribution >= 0.6 is 23.4 Å². The number of hydrogen-bond acceptors (Lipinski definition) is 4. The molecule has 0 radical (unpaired) electrons. The molecule has 5 heteroatoms. The Balaban J connectivity index is 1.62. The third-order valence-electron chi connectivity index (χ3n) is 3.28. The van der Waals surface area contributed by atoms with Gasteiger partial charge in [-0.05, 0) is 50.1 Å². The zero-order valence-electron chi connectivity index (χ0n) is 12.0. The van der Waals surface area contributed by atoms with E-state index >= 15 is 0 Å². The highest BCUT2D eigenvalue weighted by Crippen LogP contribution is 2.23. The summed E-state index contributed by atoms with van der Waals surface area (Å²) in [6, 6.07) is 10.6.